The zero-order valence-corrected chi connectivity index (χ0v) is 30.6. The van der Waals surface area contributed by atoms with Crippen molar-refractivity contribution in [3.63, 3.8) is 0 Å². The van der Waals surface area contributed by atoms with E-state index in [0.29, 0.717) is 17.5 Å². The van der Waals surface area contributed by atoms with Crippen molar-refractivity contribution in [2.24, 2.45) is 0 Å². The Morgan fingerprint density at radius 1 is 0.382 bits per heavy atom. The van der Waals surface area contributed by atoms with Gasteiger partial charge in [0, 0.05) is 38.3 Å². The van der Waals surface area contributed by atoms with Crippen LogP contribution in [0.25, 0.3) is 56.1 Å². The first-order valence-corrected chi connectivity index (χ1v) is 20.0. The third-order valence-electron chi connectivity index (χ3n) is 10.3. The van der Waals surface area contributed by atoms with Crippen LogP contribution in [-0.4, -0.2) is 15.0 Å². The van der Waals surface area contributed by atoms with E-state index in [1.54, 1.807) is 0 Å². The van der Waals surface area contributed by atoms with E-state index in [-0.39, 0.29) is 0 Å². The van der Waals surface area contributed by atoms with E-state index >= 15 is 4.57 Å². The van der Waals surface area contributed by atoms with Crippen LogP contribution < -0.4 is 20.8 Å². The Balaban J connectivity index is 1.18. The summed E-state index contributed by atoms with van der Waals surface area (Å²) in [7, 11) is -3.31. The van der Waals surface area contributed by atoms with E-state index in [1.165, 1.54) is 0 Å². The van der Waals surface area contributed by atoms with Crippen molar-refractivity contribution in [2.45, 2.75) is 0 Å². The summed E-state index contributed by atoms with van der Waals surface area (Å²) in [5.74, 6) is 1.84. The number of para-hydroxylation sites is 2. The van der Waals surface area contributed by atoms with Crippen LogP contribution in [0.1, 0.15) is 0 Å². The Bertz CT molecular complexity index is 2840. The van der Waals surface area contributed by atoms with E-state index in [9.17, 15) is 0 Å². The Hall–Kier alpha value is -6.94. The smallest absolute Gasteiger partial charge is 0.175 e. The fourth-order valence-electron chi connectivity index (χ4n) is 7.77. The first kappa shape index (κ1) is 32.7. The van der Waals surface area contributed by atoms with Gasteiger partial charge in [0.05, 0.1) is 11.4 Å². The van der Waals surface area contributed by atoms with E-state index in [1.807, 2.05) is 127 Å². The molecule has 0 amide bonds. The number of fused-ring (bicyclic) bond motifs is 3. The van der Waals surface area contributed by atoms with E-state index < -0.39 is 7.14 Å². The molecule has 5 nitrogen and oxygen atoms in total. The zero-order chi connectivity index (χ0) is 36.8. The summed E-state index contributed by atoms with van der Waals surface area (Å²) >= 11 is 0. The molecule has 1 aliphatic heterocycles. The zero-order valence-electron chi connectivity index (χ0n) is 29.7. The first-order chi connectivity index (χ1) is 27.2. The van der Waals surface area contributed by atoms with Crippen LogP contribution >= 0.6 is 7.14 Å². The fourth-order valence-corrected chi connectivity index (χ4v) is 10.8. The van der Waals surface area contributed by atoms with Crippen LogP contribution in [0.4, 0.5) is 17.1 Å². The van der Waals surface area contributed by atoms with Crippen molar-refractivity contribution in [1.29, 1.82) is 0 Å². The van der Waals surface area contributed by atoms with Gasteiger partial charge in [-0.2, -0.15) is 0 Å². The summed E-state index contributed by atoms with van der Waals surface area (Å²) in [5.41, 5.74) is 7.63. The highest BCUT2D eigenvalue weighted by Crippen LogP contribution is 2.54. The van der Waals surface area contributed by atoms with Gasteiger partial charge in [-0.3, -0.25) is 0 Å². The maximum absolute atomic E-state index is 16.0. The lowest BCUT2D eigenvalue weighted by molar-refractivity contribution is 0.592. The van der Waals surface area contributed by atoms with E-state index in [4.69, 9.17) is 15.0 Å². The first-order valence-electron chi connectivity index (χ1n) is 18.3. The van der Waals surface area contributed by atoms with Gasteiger partial charge in [-0.1, -0.05) is 164 Å². The predicted molar refractivity (Wildman–Crippen MR) is 227 cm³/mol. The second-order valence-electron chi connectivity index (χ2n) is 13.6. The van der Waals surface area contributed by atoms with Gasteiger partial charge < -0.3 is 9.46 Å². The lowest BCUT2D eigenvalue weighted by atomic mass is 9.95. The monoisotopic (exact) mass is 724 g/mol. The molecule has 0 saturated carbocycles. The third-order valence-corrected chi connectivity index (χ3v) is 13.4. The molecule has 8 aromatic carbocycles. The van der Waals surface area contributed by atoms with Gasteiger partial charge in [0.25, 0.3) is 0 Å². The molecule has 0 N–H and O–H groups in total. The number of nitrogens with zero attached hydrogens (tertiary/aromatic N) is 4. The molecule has 0 saturated heterocycles. The van der Waals surface area contributed by atoms with Crippen molar-refractivity contribution >= 4 is 50.9 Å². The lowest BCUT2D eigenvalue weighted by Crippen LogP contribution is -2.36. The maximum atomic E-state index is 16.0. The second kappa shape index (κ2) is 13.5. The molecular formula is C49H33N4OP. The summed E-state index contributed by atoms with van der Waals surface area (Å²) < 4.78 is 16.0. The predicted octanol–water partition coefficient (Wildman–Crippen LogP) is 11.1. The lowest BCUT2D eigenvalue weighted by Gasteiger charge is -2.38. The van der Waals surface area contributed by atoms with Gasteiger partial charge in [0.1, 0.15) is 0 Å². The number of hydrogen-bond donors (Lipinski definition) is 0. The van der Waals surface area contributed by atoms with Crippen molar-refractivity contribution in [3.8, 4) is 45.3 Å². The van der Waals surface area contributed by atoms with Gasteiger partial charge in [-0.05, 0) is 58.3 Å². The number of aromatic nitrogens is 3. The molecule has 0 spiro atoms. The normalized spacial score (nSPS) is 14.7. The second-order valence-corrected chi connectivity index (χ2v) is 16.3. The number of rotatable bonds is 6. The molecule has 55 heavy (non-hydrogen) atoms. The molecule has 1 aromatic heterocycles. The molecular weight excluding hydrogens is 692 g/mol. The van der Waals surface area contributed by atoms with Crippen molar-refractivity contribution < 1.29 is 4.57 Å². The standard InChI is InChI=1S/C49H33N4OP/c54-55(38-23-11-4-12-24-38)45-30-14-13-29-43(45)53(37-21-9-3-10-22-37)44-32-31-36(33-46(44)55)39-25-15-27-41-40(39)26-16-28-42(41)49-51-47(34-17-5-1-6-18-34)50-48(52-49)35-19-7-2-8-20-35/h1-33H. The Kier molecular flexibility index (Phi) is 8.01. The van der Waals surface area contributed by atoms with Gasteiger partial charge in [-0.15, -0.1) is 0 Å². The molecule has 0 aliphatic carbocycles. The van der Waals surface area contributed by atoms with Gasteiger partial charge in [-0.25, -0.2) is 15.0 Å². The number of anilines is 3. The highest BCUT2D eigenvalue weighted by atomic mass is 31.2. The number of hydrogen-bond acceptors (Lipinski definition) is 5. The van der Waals surface area contributed by atoms with Gasteiger partial charge >= 0.3 is 0 Å². The molecule has 10 rings (SSSR count). The summed E-state index contributed by atoms with van der Waals surface area (Å²) in [4.78, 5) is 17.3. The largest absolute Gasteiger partial charge is 0.309 e. The molecule has 0 bridgehead atoms. The van der Waals surface area contributed by atoms with Crippen LogP contribution in [0.15, 0.2) is 200 Å². The van der Waals surface area contributed by atoms with Crippen LogP contribution in [0.3, 0.4) is 0 Å². The molecule has 2 heterocycles. The minimum atomic E-state index is -3.31. The molecule has 0 radical (unpaired) electrons. The van der Waals surface area contributed by atoms with E-state index in [0.717, 1.165) is 71.6 Å². The Morgan fingerprint density at radius 3 is 1.55 bits per heavy atom. The SMILES string of the molecule is O=P1(c2ccccc2)c2ccccc2N(c2ccccc2)c2ccc(-c3cccc4c(-c5nc(-c6ccccc6)nc(-c6ccccc6)n5)cccc34)cc21. The van der Waals surface area contributed by atoms with Gasteiger partial charge in [0.15, 0.2) is 24.6 Å². The maximum Gasteiger partial charge on any atom is 0.175 e. The molecule has 1 unspecified atom stereocenters. The van der Waals surface area contributed by atoms with Crippen LogP contribution in [0.2, 0.25) is 0 Å². The molecule has 260 valence electrons. The Labute approximate surface area is 319 Å². The quantitative estimate of drug-likeness (QED) is 0.160. The topological polar surface area (TPSA) is 59.0 Å². The van der Waals surface area contributed by atoms with E-state index in [2.05, 4.69) is 77.7 Å². The fraction of sp³-hybridized carbons (Fsp3) is 0. The molecule has 1 atom stereocenters. The van der Waals surface area contributed by atoms with Gasteiger partial charge in [0.2, 0.25) is 0 Å². The number of benzene rings is 8. The van der Waals surface area contributed by atoms with Crippen molar-refractivity contribution in [3.05, 3.63) is 200 Å². The summed E-state index contributed by atoms with van der Waals surface area (Å²) in [6.45, 7) is 0. The van der Waals surface area contributed by atoms with Crippen molar-refractivity contribution in [2.75, 3.05) is 4.90 Å². The molecule has 9 aromatic rings. The average molecular weight is 725 g/mol. The third kappa shape index (κ3) is 5.56. The summed E-state index contributed by atoms with van der Waals surface area (Å²) in [5, 5.41) is 4.52. The van der Waals surface area contributed by atoms with Crippen LogP contribution in [-0.2, 0) is 4.57 Å². The van der Waals surface area contributed by atoms with Crippen molar-refractivity contribution in [1.82, 2.24) is 15.0 Å². The highest BCUT2D eigenvalue weighted by Gasteiger charge is 2.41. The van der Waals surface area contributed by atoms with Crippen LogP contribution in [0, 0.1) is 0 Å². The Morgan fingerprint density at radius 2 is 0.891 bits per heavy atom. The summed E-state index contributed by atoms with van der Waals surface area (Å²) in [6, 6.07) is 67.5. The molecule has 6 heteroatoms. The highest BCUT2D eigenvalue weighted by molar-refractivity contribution is 7.86. The molecule has 1 aliphatic rings. The summed E-state index contributed by atoms with van der Waals surface area (Å²) in [6.07, 6.45) is 0. The van der Waals surface area contributed by atoms with Crippen LogP contribution in [0.5, 0.6) is 0 Å². The average Bonchev–Trinajstić information content (AvgIpc) is 3.27. The minimum Gasteiger partial charge on any atom is -0.309 e. The minimum absolute atomic E-state index is 0.601. The molecule has 0 fully saturated rings.